The molecule has 27 heavy (non-hydrogen) atoms. The summed E-state index contributed by atoms with van der Waals surface area (Å²) in [7, 11) is 2.97. The zero-order valence-electron chi connectivity index (χ0n) is 16.3. The van der Waals surface area contributed by atoms with Crippen molar-refractivity contribution in [3.63, 3.8) is 0 Å². The Morgan fingerprint density at radius 3 is 2.59 bits per heavy atom. The molecule has 1 aliphatic carbocycles. The summed E-state index contributed by atoms with van der Waals surface area (Å²) in [5, 5.41) is 8.84. The molecule has 0 radical (unpaired) electrons. The van der Waals surface area contributed by atoms with Gasteiger partial charge in [-0.1, -0.05) is 19.9 Å². The number of rotatable bonds is 7. The Bertz CT molecular complexity index is 746. The molecule has 1 saturated carbocycles. The monoisotopic (exact) mass is 377 g/mol. The number of likely N-dealkylation sites (tertiary alicyclic amines) is 1. The van der Waals surface area contributed by atoms with Crippen LogP contribution in [0.3, 0.4) is 0 Å². The Balaban J connectivity index is 1.75. The fourth-order valence-corrected chi connectivity index (χ4v) is 4.92. The summed E-state index contributed by atoms with van der Waals surface area (Å²) in [4.78, 5) is 25.5. The number of benzene rings is 1. The van der Waals surface area contributed by atoms with Gasteiger partial charge >= 0.3 is 11.9 Å². The molecule has 1 N–H and O–H groups in total. The van der Waals surface area contributed by atoms with E-state index in [0.29, 0.717) is 24.6 Å². The summed E-state index contributed by atoms with van der Waals surface area (Å²) in [5.41, 5.74) is 0.696. The molecule has 0 spiro atoms. The van der Waals surface area contributed by atoms with E-state index in [-0.39, 0.29) is 17.3 Å². The number of carboxylic acids is 1. The van der Waals surface area contributed by atoms with E-state index in [0.717, 1.165) is 18.5 Å². The topological polar surface area (TPSA) is 85.3 Å². The first-order valence-corrected chi connectivity index (χ1v) is 9.04. The summed E-state index contributed by atoms with van der Waals surface area (Å²) in [5.74, 6) is 0.0185. The molecule has 7 heteroatoms. The van der Waals surface area contributed by atoms with E-state index in [1.54, 1.807) is 12.1 Å². The molecule has 1 aliphatic heterocycles. The van der Waals surface area contributed by atoms with Gasteiger partial charge in [-0.2, -0.15) is 0 Å². The molecule has 0 unspecified atom stereocenters. The Kier molecular flexibility index (Phi) is 5.08. The van der Waals surface area contributed by atoms with E-state index in [4.69, 9.17) is 19.3 Å². The van der Waals surface area contributed by atoms with Gasteiger partial charge in [-0.25, -0.2) is 4.79 Å². The lowest BCUT2D eigenvalue weighted by atomic mass is 9.48. The van der Waals surface area contributed by atoms with Crippen LogP contribution in [0, 0.1) is 16.7 Å². The number of fused-ring (bicyclic) bond motifs is 1. The van der Waals surface area contributed by atoms with E-state index >= 15 is 0 Å². The van der Waals surface area contributed by atoms with E-state index in [1.165, 1.54) is 14.2 Å². The summed E-state index contributed by atoms with van der Waals surface area (Å²) in [6.45, 7) is 6.13. The van der Waals surface area contributed by atoms with E-state index < -0.39 is 18.0 Å². The van der Waals surface area contributed by atoms with E-state index in [1.807, 2.05) is 6.07 Å². The zero-order chi connectivity index (χ0) is 19.8. The van der Waals surface area contributed by atoms with Crippen LogP contribution in [-0.4, -0.2) is 55.9 Å². The molecule has 3 rings (SSSR count). The van der Waals surface area contributed by atoms with E-state index in [2.05, 4.69) is 18.7 Å². The maximum absolute atomic E-state index is 12.4. The summed E-state index contributed by atoms with van der Waals surface area (Å²) in [6, 6.07) is 5.51. The first-order valence-electron chi connectivity index (χ1n) is 9.04. The van der Waals surface area contributed by atoms with Crippen LogP contribution in [0.15, 0.2) is 18.2 Å². The predicted molar refractivity (Wildman–Crippen MR) is 97.7 cm³/mol. The average molecular weight is 377 g/mol. The van der Waals surface area contributed by atoms with Gasteiger partial charge in [0.25, 0.3) is 0 Å². The maximum atomic E-state index is 12.4. The number of hydrogen-bond acceptors (Lipinski definition) is 6. The third-order valence-electron chi connectivity index (χ3n) is 5.91. The van der Waals surface area contributed by atoms with Crippen LogP contribution in [0.5, 0.6) is 11.5 Å². The van der Waals surface area contributed by atoms with Crippen molar-refractivity contribution in [2.24, 2.45) is 16.7 Å². The van der Waals surface area contributed by atoms with Crippen LogP contribution >= 0.6 is 0 Å². The minimum Gasteiger partial charge on any atom is -0.493 e. The number of esters is 1. The van der Waals surface area contributed by atoms with Crippen molar-refractivity contribution in [2.75, 3.05) is 33.9 Å². The van der Waals surface area contributed by atoms with Crippen molar-refractivity contribution < 1.29 is 28.9 Å². The van der Waals surface area contributed by atoms with E-state index in [9.17, 15) is 9.59 Å². The number of carbonyl (C=O) groups is 2. The number of carboxylic acid groups (broad SMARTS) is 1. The van der Waals surface area contributed by atoms with Crippen molar-refractivity contribution in [2.45, 2.75) is 26.8 Å². The quantitative estimate of drug-likeness (QED) is 0.729. The second-order valence-corrected chi connectivity index (χ2v) is 8.20. The number of carbonyl (C=O) groups excluding carboxylic acids is 1. The Morgan fingerprint density at radius 1 is 1.26 bits per heavy atom. The Labute approximate surface area is 159 Å². The molecule has 0 amide bonds. The summed E-state index contributed by atoms with van der Waals surface area (Å²) < 4.78 is 15.7. The van der Waals surface area contributed by atoms with Crippen LogP contribution in [-0.2, 0) is 20.9 Å². The van der Waals surface area contributed by atoms with Gasteiger partial charge in [-0.05, 0) is 35.4 Å². The Hall–Kier alpha value is -2.28. The third kappa shape index (κ3) is 3.48. The number of methoxy groups -OCH3 is 2. The first-order chi connectivity index (χ1) is 12.7. The van der Waals surface area contributed by atoms with Gasteiger partial charge < -0.3 is 19.3 Å². The lowest BCUT2D eigenvalue weighted by molar-refractivity contribution is -0.174. The molecule has 1 aromatic rings. The highest BCUT2D eigenvalue weighted by Gasteiger charge is 2.67. The molecule has 7 nitrogen and oxygen atoms in total. The summed E-state index contributed by atoms with van der Waals surface area (Å²) in [6.07, 6.45) is 0.837. The van der Waals surface area contributed by atoms with Crippen molar-refractivity contribution >= 4 is 11.9 Å². The maximum Gasteiger partial charge on any atom is 0.341 e. The van der Waals surface area contributed by atoms with Crippen LogP contribution in [0.2, 0.25) is 0 Å². The molecule has 1 aromatic carbocycles. The molecule has 0 aromatic heterocycles. The minimum absolute atomic E-state index is 0.116. The third-order valence-corrected chi connectivity index (χ3v) is 5.91. The van der Waals surface area contributed by atoms with Gasteiger partial charge in [0.2, 0.25) is 0 Å². The molecule has 1 saturated heterocycles. The van der Waals surface area contributed by atoms with Gasteiger partial charge in [0.1, 0.15) is 0 Å². The molecule has 0 bridgehead atoms. The number of nitrogens with zero attached hydrogens (tertiary/aromatic N) is 1. The first kappa shape index (κ1) is 19.5. The molecular formula is C20H27NO6. The van der Waals surface area contributed by atoms with Crippen molar-refractivity contribution in [1.29, 1.82) is 0 Å². The molecular weight excluding hydrogens is 350 g/mol. The number of hydrogen-bond donors (Lipinski definition) is 1. The van der Waals surface area contributed by atoms with Gasteiger partial charge in [-0.3, -0.25) is 9.69 Å². The molecule has 2 atom stereocenters. The highest BCUT2D eigenvalue weighted by Crippen LogP contribution is 2.63. The second kappa shape index (κ2) is 7.03. The Morgan fingerprint density at radius 2 is 2.00 bits per heavy atom. The number of ether oxygens (including phenoxy) is 3. The van der Waals surface area contributed by atoms with Gasteiger partial charge in [-0.15, -0.1) is 0 Å². The van der Waals surface area contributed by atoms with Gasteiger partial charge in [0.05, 0.1) is 19.6 Å². The standard InChI is InChI=1S/C20H27NO6/c1-19(2)11-20(18(24)26-4)12-21(9-16(19)20)8-13-5-6-14(25-3)15(7-13)27-10-17(22)23/h5-7,16H,8-12H2,1-4H3,(H,22,23)/t16-,20+/m1/s1. The normalized spacial score (nSPS) is 26.0. The summed E-state index contributed by atoms with van der Waals surface area (Å²) >= 11 is 0. The zero-order valence-corrected chi connectivity index (χ0v) is 16.3. The molecule has 148 valence electrons. The second-order valence-electron chi connectivity index (χ2n) is 8.20. The molecule has 2 aliphatic rings. The average Bonchev–Trinajstić information content (AvgIpc) is 2.94. The van der Waals surface area contributed by atoms with Crippen LogP contribution in [0.1, 0.15) is 25.8 Å². The van der Waals surface area contributed by atoms with Crippen molar-refractivity contribution in [3.8, 4) is 11.5 Å². The lowest BCUT2D eigenvalue weighted by Crippen LogP contribution is -2.57. The highest BCUT2D eigenvalue weighted by molar-refractivity contribution is 5.80. The van der Waals surface area contributed by atoms with Crippen molar-refractivity contribution in [1.82, 2.24) is 4.90 Å². The highest BCUT2D eigenvalue weighted by atomic mass is 16.5. The van der Waals surface area contributed by atoms with Gasteiger partial charge in [0, 0.05) is 19.6 Å². The largest absolute Gasteiger partial charge is 0.493 e. The van der Waals surface area contributed by atoms with Crippen LogP contribution < -0.4 is 9.47 Å². The fraction of sp³-hybridized carbons (Fsp3) is 0.600. The minimum atomic E-state index is -1.04. The van der Waals surface area contributed by atoms with Crippen LogP contribution in [0.4, 0.5) is 0 Å². The fourth-order valence-electron chi connectivity index (χ4n) is 4.92. The lowest BCUT2D eigenvalue weighted by Gasteiger charge is -2.54. The molecule has 1 heterocycles. The number of aliphatic carboxylic acids is 1. The van der Waals surface area contributed by atoms with Crippen molar-refractivity contribution in [3.05, 3.63) is 23.8 Å². The van der Waals surface area contributed by atoms with Crippen LogP contribution in [0.25, 0.3) is 0 Å². The van der Waals surface area contributed by atoms with Gasteiger partial charge in [0.15, 0.2) is 18.1 Å². The predicted octanol–water partition coefficient (Wildman–Crippen LogP) is 2.18. The molecule has 2 fully saturated rings. The smallest absolute Gasteiger partial charge is 0.341 e. The SMILES string of the molecule is COC(=O)[C@@]12CN(Cc3ccc(OC)c(OCC(=O)O)c3)C[C@@H]1C(C)(C)C2.